The first-order chi connectivity index (χ1) is 15.3. The number of H-pyrrole nitrogens is 1. The van der Waals surface area contributed by atoms with Crippen LogP contribution in [-0.2, 0) is 6.54 Å². The normalized spacial score (nSPS) is 11.4. The highest BCUT2D eigenvalue weighted by molar-refractivity contribution is 6.07. The Morgan fingerprint density at radius 1 is 1.09 bits per heavy atom. The molecule has 4 aromatic rings. The van der Waals surface area contributed by atoms with E-state index in [1.54, 1.807) is 18.5 Å². The summed E-state index contributed by atoms with van der Waals surface area (Å²) in [5.41, 5.74) is 1.71. The number of ether oxygens (including phenoxy) is 1. The van der Waals surface area contributed by atoms with E-state index in [1.165, 1.54) is 12.1 Å². The van der Waals surface area contributed by atoms with Crippen LogP contribution in [0.3, 0.4) is 0 Å². The van der Waals surface area contributed by atoms with Crippen LogP contribution in [0.4, 0.5) is 29.1 Å². The first kappa shape index (κ1) is 21.1. The number of alkyl halides is 3. The lowest BCUT2D eigenvalue weighted by atomic mass is 10.1. The van der Waals surface area contributed by atoms with E-state index in [9.17, 15) is 22.4 Å². The maximum atomic E-state index is 13.8. The van der Waals surface area contributed by atoms with Gasteiger partial charge in [0.25, 0.3) is 5.91 Å². The Morgan fingerprint density at radius 3 is 2.62 bits per heavy atom. The van der Waals surface area contributed by atoms with Crippen LogP contribution in [0, 0.1) is 5.82 Å². The molecule has 0 spiro atoms. The summed E-state index contributed by atoms with van der Waals surface area (Å²) in [5, 5.41) is 6.40. The molecule has 3 N–H and O–H groups in total. The molecule has 0 saturated carbocycles. The minimum absolute atomic E-state index is 0.0695. The standard InChI is InChI=1S/C21H15F4N5O2/c22-13-9-17(20(31)30-14-1-3-15(4-2-14)32-21(23,24)25)19(29-11-13)28-10-12-5-7-26-18-16(12)6-8-27-18/h1-9,11H,10H2,(H,26,27)(H,28,29)(H,30,31). The Labute approximate surface area is 178 Å². The molecule has 0 atom stereocenters. The van der Waals surface area contributed by atoms with Gasteiger partial charge in [-0.15, -0.1) is 13.2 Å². The number of carbonyl (C=O) groups excluding carboxylic acids is 1. The number of nitrogens with zero attached hydrogens (tertiary/aromatic N) is 2. The second-order valence-electron chi connectivity index (χ2n) is 6.64. The number of hydrogen-bond acceptors (Lipinski definition) is 5. The first-order valence-electron chi connectivity index (χ1n) is 9.26. The smallest absolute Gasteiger partial charge is 0.406 e. The molecule has 0 saturated heterocycles. The summed E-state index contributed by atoms with van der Waals surface area (Å²) in [6.45, 7) is 0.291. The lowest BCUT2D eigenvalue weighted by molar-refractivity contribution is -0.274. The fourth-order valence-electron chi connectivity index (χ4n) is 3.04. The molecule has 0 aliphatic heterocycles. The number of amides is 1. The Bertz CT molecular complexity index is 1260. The van der Waals surface area contributed by atoms with E-state index in [4.69, 9.17) is 0 Å². The van der Waals surface area contributed by atoms with Crippen molar-refractivity contribution in [2.24, 2.45) is 0 Å². The second-order valence-corrected chi connectivity index (χ2v) is 6.64. The molecule has 32 heavy (non-hydrogen) atoms. The van der Waals surface area contributed by atoms with Crippen molar-refractivity contribution < 1.29 is 27.1 Å². The van der Waals surface area contributed by atoms with Crippen LogP contribution in [-0.4, -0.2) is 27.2 Å². The monoisotopic (exact) mass is 445 g/mol. The third kappa shape index (κ3) is 4.94. The number of fused-ring (bicyclic) bond motifs is 1. The van der Waals surface area contributed by atoms with Gasteiger partial charge in [0.1, 0.15) is 23.0 Å². The summed E-state index contributed by atoms with van der Waals surface area (Å²) in [7, 11) is 0. The first-order valence-corrected chi connectivity index (χ1v) is 9.26. The van der Waals surface area contributed by atoms with Crippen LogP contribution in [0.2, 0.25) is 0 Å². The zero-order valence-corrected chi connectivity index (χ0v) is 16.2. The number of aromatic amines is 1. The van der Waals surface area contributed by atoms with E-state index in [0.717, 1.165) is 35.3 Å². The van der Waals surface area contributed by atoms with E-state index in [2.05, 4.69) is 30.3 Å². The average molecular weight is 445 g/mol. The molecule has 11 heteroatoms. The Balaban J connectivity index is 1.50. The predicted octanol–water partition coefficient (Wildman–Crippen LogP) is 4.86. The molecule has 4 rings (SSSR count). The molecule has 0 unspecified atom stereocenters. The quantitative estimate of drug-likeness (QED) is 0.369. The summed E-state index contributed by atoms with van der Waals surface area (Å²) >= 11 is 0. The predicted molar refractivity (Wildman–Crippen MR) is 109 cm³/mol. The molecule has 1 amide bonds. The van der Waals surface area contributed by atoms with E-state index in [1.807, 2.05) is 6.07 Å². The molecule has 164 valence electrons. The van der Waals surface area contributed by atoms with Crippen molar-refractivity contribution in [3.05, 3.63) is 78.0 Å². The SMILES string of the molecule is O=C(Nc1ccc(OC(F)(F)F)cc1)c1cc(F)cnc1NCc1ccnc2[nH]ccc12. The third-order valence-corrected chi connectivity index (χ3v) is 4.44. The molecule has 3 aromatic heterocycles. The Kier molecular flexibility index (Phi) is 5.63. The van der Waals surface area contributed by atoms with Crippen molar-refractivity contribution in [2.45, 2.75) is 12.9 Å². The van der Waals surface area contributed by atoms with E-state index >= 15 is 0 Å². The van der Waals surface area contributed by atoms with Crippen molar-refractivity contribution in [1.82, 2.24) is 15.0 Å². The number of hydrogen-bond donors (Lipinski definition) is 3. The highest BCUT2D eigenvalue weighted by Crippen LogP contribution is 2.25. The summed E-state index contributed by atoms with van der Waals surface area (Å²) < 4.78 is 54.4. The third-order valence-electron chi connectivity index (χ3n) is 4.44. The van der Waals surface area contributed by atoms with Gasteiger partial charge in [0.2, 0.25) is 0 Å². The molecule has 0 radical (unpaired) electrons. The number of pyridine rings is 2. The maximum absolute atomic E-state index is 13.8. The van der Waals surface area contributed by atoms with E-state index in [0.29, 0.717) is 12.2 Å². The summed E-state index contributed by atoms with van der Waals surface area (Å²) in [4.78, 5) is 23.9. The fraction of sp³-hybridized carbons (Fsp3) is 0.0952. The summed E-state index contributed by atoms with van der Waals surface area (Å²) in [5.74, 6) is -1.70. The minimum atomic E-state index is -4.82. The Morgan fingerprint density at radius 2 is 1.88 bits per heavy atom. The van der Waals surface area contributed by atoms with Crippen molar-refractivity contribution in [1.29, 1.82) is 0 Å². The number of carbonyl (C=O) groups is 1. The number of rotatable bonds is 6. The number of halogens is 4. The topological polar surface area (TPSA) is 91.9 Å². The van der Waals surface area contributed by atoms with Crippen molar-refractivity contribution in [2.75, 3.05) is 10.6 Å². The highest BCUT2D eigenvalue weighted by Gasteiger charge is 2.31. The molecule has 3 heterocycles. The van der Waals surface area contributed by atoms with Crippen LogP contribution in [0.15, 0.2) is 61.1 Å². The van der Waals surface area contributed by atoms with Gasteiger partial charge in [-0.3, -0.25) is 4.79 Å². The van der Waals surface area contributed by atoms with Gasteiger partial charge in [0, 0.05) is 30.0 Å². The molecule has 7 nitrogen and oxygen atoms in total. The molecule has 0 bridgehead atoms. The van der Waals surface area contributed by atoms with Crippen molar-refractivity contribution >= 4 is 28.4 Å². The van der Waals surface area contributed by atoms with E-state index in [-0.39, 0.29) is 17.1 Å². The van der Waals surface area contributed by atoms with Crippen LogP contribution in [0.5, 0.6) is 5.75 Å². The molecule has 0 fully saturated rings. The maximum Gasteiger partial charge on any atom is 0.573 e. The zero-order valence-electron chi connectivity index (χ0n) is 16.2. The van der Waals surface area contributed by atoms with Crippen LogP contribution < -0.4 is 15.4 Å². The second kappa shape index (κ2) is 8.53. The minimum Gasteiger partial charge on any atom is -0.406 e. The molecule has 1 aromatic carbocycles. The van der Waals surface area contributed by atoms with Gasteiger partial charge in [-0.2, -0.15) is 0 Å². The van der Waals surface area contributed by atoms with Crippen molar-refractivity contribution in [3.63, 3.8) is 0 Å². The van der Waals surface area contributed by atoms with E-state index < -0.39 is 23.8 Å². The van der Waals surface area contributed by atoms with Crippen LogP contribution in [0.25, 0.3) is 11.0 Å². The zero-order chi connectivity index (χ0) is 22.7. The van der Waals surface area contributed by atoms with Gasteiger partial charge in [0.05, 0.1) is 11.8 Å². The summed E-state index contributed by atoms with van der Waals surface area (Å²) in [6, 6.07) is 9.25. The van der Waals surface area contributed by atoms with Crippen LogP contribution >= 0.6 is 0 Å². The molecule has 0 aliphatic carbocycles. The van der Waals surface area contributed by atoms with Gasteiger partial charge < -0.3 is 20.4 Å². The number of nitrogens with one attached hydrogen (secondary N) is 3. The van der Waals surface area contributed by atoms with Gasteiger partial charge in [-0.25, -0.2) is 14.4 Å². The van der Waals surface area contributed by atoms with Crippen LogP contribution in [0.1, 0.15) is 15.9 Å². The largest absolute Gasteiger partial charge is 0.573 e. The number of benzene rings is 1. The van der Waals surface area contributed by atoms with Gasteiger partial charge in [0.15, 0.2) is 0 Å². The summed E-state index contributed by atoms with van der Waals surface area (Å²) in [6.07, 6.45) is -0.463. The lowest BCUT2D eigenvalue weighted by Gasteiger charge is -2.13. The highest BCUT2D eigenvalue weighted by atomic mass is 19.4. The van der Waals surface area contributed by atoms with Gasteiger partial charge in [-0.05, 0) is 48.0 Å². The molecule has 0 aliphatic rings. The molecular weight excluding hydrogens is 430 g/mol. The van der Waals surface area contributed by atoms with Crippen molar-refractivity contribution in [3.8, 4) is 5.75 Å². The van der Waals surface area contributed by atoms with Gasteiger partial charge in [-0.1, -0.05) is 0 Å². The lowest BCUT2D eigenvalue weighted by Crippen LogP contribution is -2.17. The number of aromatic nitrogens is 3. The van der Waals surface area contributed by atoms with Gasteiger partial charge >= 0.3 is 6.36 Å². The fourth-order valence-corrected chi connectivity index (χ4v) is 3.04. The number of anilines is 2. The molecular formula is C21H15F4N5O2. The average Bonchev–Trinajstić information content (AvgIpc) is 3.22. The Hall–Kier alpha value is -4.15.